The number of anilines is 2. The summed E-state index contributed by atoms with van der Waals surface area (Å²) in [6.07, 6.45) is 2.67. The molecule has 2 aliphatic rings. The molecule has 27 heavy (non-hydrogen) atoms. The van der Waals surface area contributed by atoms with Crippen molar-refractivity contribution in [3.63, 3.8) is 0 Å². The lowest BCUT2D eigenvalue weighted by atomic mass is 10.2. The highest BCUT2D eigenvalue weighted by Gasteiger charge is 2.27. The average Bonchev–Trinajstić information content (AvgIpc) is 3.08. The number of rotatable bonds is 7. The normalized spacial score (nSPS) is 20.9. The molecule has 8 nitrogen and oxygen atoms in total. The average molecular weight is 416 g/mol. The van der Waals surface area contributed by atoms with Gasteiger partial charge in [-0.3, -0.25) is 10.6 Å². The van der Waals surface area contributed by atoms with Crippen molar-refractivity contribution in [3.05, 3.63) is 35.7 Å². The minimum Gasteiger partial charge on any atom is -0.463 e. The fraction of sp³-hybridized carbons (Fsp3) is 0.529. The van der Waals surface area contributed by atoms with E-state index in [0.29, 0.717) is 37.7 Å². The summed E-state index contributed by atoms with van der Waals surface area (Å²) in [7, 11) is -3.22. The van der Waals surface area contributed by atoms with Gasteiger partial charge in [-0.05, 0) is 24.7 Å². The van der Waals surface area contributed by atoms with Crippen LogP contribution in [0.15, 0.2) is 30.7 Å². The largest absolute Gasteiger partial charge is 0.463 e. The summed E-state index contributed by atoms with van der Waals surface area (Å²) in [6, 6.07) is 5.72. The Labute approximate surface area is 165 Å². The zero-order chi connectivity index (χ0) is 19.4. The van der Waals surface area contributed by atoms with Crippen LogP contribution in [0, 0.1) is 0 Å². The van der Waals surface area contributed by atoms with E-state index in [9.17, 15) is 8.42 Å². The van der Waals surface area contributed by atoms with Crippen LogP contribution in [0.1, 0.15) is 6.92 Å². The first-order valence-corrected chi connectivity index (χ1v) is 11.0. The Bertz CT molecular complexity index is 781. The fourth-order valence-electron chi connectivity index (χ4n) is 3.18. The lowest BCUT2D eigenvalue weighted by Crippen LogP contribution is -2.50. The topological polar surface area (TPSA) is 91.1 Å². The van der Waals surface area contributed by atoms with Gasteiger partial charge in [-0.15, -0.1) is 0 Å². The molecule has 1 fully saturated rings. The maximum Gasteiger partial charge on any atom is 0.230 e. The first kappa shape index (κ1) is 20.2. The van der Waals surface area contributed by atoms with E-state index in [1.54, 1.807) is 15.4 Å². The minimum atomic E-state index is -3.22. The quantitative estimate of drug-likeness (QED) is 0.640. The smallest absolute Gasteiger partial charge is 0.230 e. The summed E-state index contributed by atoms with van der Waals surface area (Å²) in [6.45, 7) is 5.40. The molecule has 0 bridgehead atoms. The highest BCUT2D eigenvalue weighted by Crippen LogP contribution is 2.33. The third-order valence-corrected chi connectivity index (χ3v) is 6.90. The molecule has 2 heterocycles. The molecule has 1 aromatic carbocycles. The van der Waals surface area contributed by atoms with E-state index in [-0.39, 0.29) is 5.75 Å². The molecule has 2 aliphatic heterocycles. The Morgan fingerprint density at radius 1 is 1.30 bits per heavy atom. The molecule has 1 unspecified atom stereocenters. The summed E-state index contributed by atoms with van der Waals surface area (Å²) >= 11 is 6.33. The molecule has 1 aromatic rings. The third-order valence-electron chi connectivity index (χ3n) is 4.71. The number of piperazine rings is 1. The van der Waals surface area contributed by atoms with Gasteiger partial charge in [-0.1, -0.05) is 18.5 Å². The van der Waals surface area contributed by atoms with E-state index in [4.69, 9.17) is 22.1 Å². The number of nitrogens with zero attached hydrogens (tertiary/aromatic N) is 3. The van der Waals surface area contributed by atoms with Crippen LogP contribution in [0.25, 0.3) is 0 Å². The van der Waals surface area contributed by atoms with E-state index >= 15 is 0 Å². The van der Waals surface area contributed by atoms with Gasteiger partial charge >= 0.3 is 0 Å². The first-order chi connectivity index (χ1) is 12.9. The predicted octanol–water partition coefficient (Wildman–Crippen LogP) is 0.951. The predicted molar refractivity (Wildman–Crippen MR) is 108 cm³/mol. The van der Waals surface area contributed by atoms with E-state index in [0.717, 1.165) is 17.9 Å². The maximum atomic E-state index is 12.4. The van der Waals surface area contributed by atoms with Gasteiger partial charge in [0, 0.05) is 44.6 Å². The van der Waals surface area contributed by atoms with Gasteiger partial charge in [-0.2, -0.15) is 4.31 Å². The molecule has 0 spiro atoms. The van der Waals surface area contributed by atoms with E-state index in [2.05, 4.69) is 10.2 Å². The molecule has 0 radical (unpaired) electrons. The molecule has 0 saturated carbocycles. The summed E-state index contributed by atoms with van der Waals surface area (Å²) < 4.78 is 31.6. The SMILES string of the molecule is CCNCCS(=O)(=O)N1CCN(c2ccc(Cl)c(N3C=COC3N)c2)CC1. The highest BCUT2D eigenvalue weighted by atomic mass is 35.5. The van der Waals surface area contributed by atoms with Crippen LogP contribution in [0.2, 0.25) is 5.02 Å². The highest BCUT2D eigenvalue weighted by molar-refractivity contribution is 7.89. The van der Waals surface area contributed by atoms with Crippen LogP contribution < -0.4 is 20.9 Å². The van der Waals surface area contributed by atoms with Crippen LogP contribution in [0.3, 0.4) is 0 Å². The van der Waals surface area contributed by atoms with Crippen molar-refractivity contribution in [1.82, 2.24) is 9.62 Å². The second-order valence-corrected chi connectivity index (χ2v) is 8.91. The Morgan fingerprint density at radius 2 is 2.04 bits per heavy atom. The summed E-state index contributed by atoms with van der Waals surface area (Å²) in [5, 5.41) is 3.64. The summed E-state index contributed by atoms with van der Waals surface area (Å²) in [5.41, 5.74) is 7.65. The second-order valence-electron chi connectivity index (χ2n) is 6.41. The van der Waals surface area contributed by atoms with Crippen LogP contribution >= 0.6 is 11.6 Å². The lowest BCUT2D eigenvalue weighted by molar-refractivity contribution is 0.178. The number of ether oxygens (including phenoxy) is 1. The molecule has 3 N–H and O–H groups in total. The van der Waals surface area contributed by atoms with Gasteiger partial charge in [-0.25, -0.2) is 8.42 Å². The number of hydrogen-bond acceptors (Lipinski definition) is 7. The van der Waals surface area contributed by atoms with Gasteiger partial charge in [0.2, 0.25) is 16.4 Å². The molecule has 1 saturated heterocycles. The Balaban J connectivity index is 1.65. The van der Waals surface area contributed by atoms with Crippen LogP contribution in [0.4, 0.5) is 11.4 Å². The van der Waals surface area contributed by atoms with E-state index in [1.807, 2.05) is 25.1 Å². The minimum absolute atomic E-state index is 0.130. The first-order valence-electron chi connectivity index (χ1n) is 9.01. The monoisotopic (exact) mass is 415 g/mol. The Kier molecular flexibility index (Phi) is 6.48. The number of sulfonamides is 1. The van der Waals surface area contributed by atoms with E-state index in [1.165, 1.54) is 6.26 Å². The zero-order valence-electron chi connectivity index (χ0n) is 15.3. The molecule has 10 heteroatoms. The number of hydrogen-bond donors (Lipinski definition) is 2. The fourth-order valence-corrected chi connectivity index (χ4v) is 4.77. The Morgan fingerprint density at radius 3 is 2.67 bits per heavy atom. The van der Waals surface area contributed by atoms with Gasteiger partial charge in [0.1, 0.15) is 6.26 Å². The standard InChI is InChI=1S/C17H26ClN5O3S/c1-2-20-5-12-27(24,25)22-8-6-21(7-9-22)14-3-4-15(18)16(13-14)23-10-11-26-17(23)19/h3-4,10-11,13,17,20H,2,5-9,12,19H2,1H3. The molecule has 3 rings (SSSR count). The van der Waals surface area contributed by atoms with Crippen molar-refractivity contribution in [2.75, 3.05) is 54.8 Å². The number of nitrogens with one attached hydrogen (secondary N) is 1. The zero-order valence-corrected chi connectivity index (χ0v) is 16.9. The molecule has 0 aromatic heterocycles. The number of nitrogens with two attached hydrogens (primary N) is 1. The van der Waals surface area contributed by atoms with Crippen molar-refractivity contribution < 1.29 is 13.2 Å². The molecular weight excluding hydrogens is 390 g/mol. The van der Waals surface area contributed by atoms with Crippen molar-refractivity contribution in [1.29, 1.82) is 0 Å². The van der Waals surface area contributed by atoms with Crippen LogP contribution in [-0.4, -0.2) is 64.1 Å². The van der Waals surface area contributed by atoms with Crippen LogP contribution in [0.5, 0.6) is 0 Å². The van der Waals surface area contributed by atoms with Crippen molar-refractivity contribution in [2.24, 2.45) is 5.73 Å². The summed E-state index contributed by atoms with van der Waals surface area (Å²) in [4.78, 5) is 3.91. The summed E-state index contributed by atoms with van der Waals surface area (Å²) in [5.74, 6) is 0.130. The Hall–Kier alpha value is -1.52. The maximum absolute atomic E-state index is 12.4. The molecular formula is C17H26ClN5O3S. The van der Waals surface area contributed by atoms with Crippen molar-refractivity contribution >= 4 is 33.0 Å². The number of halogens is 1. The molecule has 1 atom stereocenters. The van der Waals surface area contributed by atoms with Gasteiger partial charge in [0.15, 0.2) is 0 Å². The molecule has 150 valence electrons. The third kappa shape index (κ3) is 4.67. The van der Waals surface area contributed by atoms with Crippen molar-refractivity contribution in [2.45, 2.75) is 13.3 Å². The van der Waals surface area contributed by atoms with Crippen LogP contribution in [-0.2, 0) is 14.8 Å². The van der Waals surface area contributed by atoms with E-state index < -0.39 is 16.4 Å². The van der Waals surface area contributed by atoms with Gasteiger partial charge in [0.05, 0.1) is 16.5 Å². The van der Waals surface area contributed by atoms with Gasteiger partial charge < -0.3 is 15.0 Å². The molecule has 0 amide bonds. The number of benzene rings is 1. The molecule has 0 aliphatic carbocycles. The lowest BCUT2D eigenvalue weighted by Gasteiger charge is -2.36. The van der Waals surface area contributed by atoms with Gasteiger partial charge in [0.25, 0.3) is 0 Å². The van der Waals surface area contributed by atoms with Crippen molar-refractivity contribution in [3.8, 4) is 0 Å². The second kappa shape index (κ2) is 8.66.